The molecule has 4 rings (SSSR count). The molecular weight excluding hydrogens is 394 g/mol. The number of carbonyl (C=O) groups is 1. The average Bonchev–Trinajstić information content (AvgIpc) is 2.71. The van der Waals surface area contributed by atoms with E-state index in [0.29, 0.717) is 13.1 Å². The summed E-state index contributed by atoms with van der Waals surface area (Å²) in [5.41, 5.74) is 5.88. The van der Waals surface area contributed by atoms with Crippen LogP contribution in [-0.4, -0.2) is 42.8 Å². The number of benzene rings is 2. The molecule has 0 atom stereocenters. The van der Waals surface area contributed by atoms with Crippen LogP contribution in [0.3, 0.4) is 0 Å². The minimum Gasteiger partial charge on any atom is -0.444 e. The van der Waals surface area contributed by atoms with Gasteiger partial charge in [0.15, 0.2) is 0 Å². The zero-order valence-electron chi connectivity index (χ0n) is 18.5. The van der Waals surface area contributed by atoms with Crippen LogP contribution >= 0.6 is 11.8 Å². The number of ether oxygens (including phenoxy) is 1. The van der Waals surface area contributed by atoms with Crippen molar-refractivity contribution in [2.24, 2.45) is 0 Å². The number of para-hydroxylation sites is 1. The summed E-state index contributed by atoms with van der Waals surface area (Å²) in [6.07, 6.45) is 0.744. The Bertz CT molecular complexity index is 960. The molecule has 0 radical (unpaired) electrons. The molecule has 2 aromatic carbocycles. The standard InChI is InChI=1S/C24H31N3O2S/c1-6-17-18(26-12-14-27(15-13-26)23(28)29-24(3,4)5)10-11-20-22(17)25-21-16(2)8-7-9-19(21)30-20/h7-11,25H,6,12-15H2,1-5H3. The molecule has 1 amide bonds. The highest BCUT2D eigenvalue weighted by Gasteiger charge is 2.28. The molecule has 2 aromatic rings. The van der Waals surface area contributed by atoms with Crippen LogP contribution in [0.2, 0.25) is 0 Å². The third-order valence-corrected chi connectivity index (χ3v) is 6.70. The summed E-state index contributed by atoms with van der Waals surface area (Å²) in [4.78, 5) is 19.2. The van der Waals surface area contributed by atoms with Gasteiger partial charge in [0.2, 0.25) is 0 Å². The lowest BCUT2D eigenvalue weighted by Gasteiger charge is -2.38. The fourth-order valence-electron chi connectivity index (χ4n) is 4.08. The second kappa shape index (κ2) is 8.06. The van der Waals surface area contributed by atoms with Crippen LogP contribution < -0.4 is 10.2 Å². The van der Waals surface area contributed by atoms with Crippen LogP contribution in [0.4, 0.5) is 21.9 Å². The number of amides is 1. The maximum absolute atomic E-state index is 12.4. The molecule has 6 heteroatoms. The number of fused-ring (bicyclic) bond motifs is 2. The summed E-state index contributed by atoms with van der Waals surface area (Å²) in [7, 11) is 0. The first kappa shape index (κ1) is 20.9. The van der Waals surface area contributed by atoms with Crippen molar-refractivity contribution >= 4 is 34.9 Å². The lowest BCUT2D eigenvalue weighted by Crippen LogP contribution is -2.50. The lowest BCUT2D eigenvalue weighted by atomic mass is 10.0. The molecule has 160 valence electrons. The van der Waals surface area contributed by atoms with Crippen molar-refractivity contribution in [3.8, 4) is 0 Å². The molecule has 2 aliphatic heterocycles. The van der Waals surface area contributed by atoms with Crippen molar-refractivity contribution in [3.05, 3.63) is 41.5 Å². The van der Waals surface area contributed by atoms with Crippen LogP contribution in [0.25, 0.3) is 0 Å². The van der Waals surface area contributed by atoms with E-state index in [-0.39, 0.29) is 6.09 Å². The molecule has 2 heterocycles. The van der Waals surface area contributed by atoms with Gasteiger partial charge in [-0.2, -0.15) is 0 Å². The molecule has 0 saturated carbocycles. The summed E-state index contributed by atoms with van der Waals surface area (Å²) in [6, 6.07) is 10.9. The highest BCUT2D eigenvalue weighted by atomic mass is 32.2. The Hall–Kier alpha value is -2.34. The van der Waals surface area contributed by atoms with E-state index in [1.165, 1.54) is 38.0 Å². The molecule has 0 aromatic heterocycles. The van der Waals surface area contributed by atoms with Crippen molar-refractivity contribution in [3.63, 3.8) is 0 Å². The fraction of sp³-hybridized carbons (Fsp3) is 0.458. The van der Waals surface area contributed by atoms with Gasteiger partial charge in [0.1, 0.15) is 5.60 Å². The van der Waals surface area contributed by atoms with Crippen molar-refractivity contribution in [2.75, 3.05) is 36.4 Å². The number of nitrogens with zero attached hydrogens (tertiary/aromatic N) is 2. The maximum Gasteiger partial charge on any atom is 0.410 e. The van der Waals surface area contributed by atoms with E-state index in [2.05, 4.69) is 54.4 Å². The third kappa shape index (κ3) is 4.10. The number of rotatable bonds is 2. The molecule has 5 nitrogen and oxygen atoms in total. The molecule has 0 bridgehead atoms. The quantitative estimate of drug-likeness (QED) is 0.560. The van der Waals surface area contributed by atoms with Gasteiger partial charge in [0, 0.05) is 41.7 Å². The third-order valence-electron chi connectivity index (χ3n) is 5.58. The summed E-state index contributed by atoms with van der Waals surface area (Å²) >= 11 is 1.84. The number of aryl methyl sites for hydroxylation is 1. The molecule has 0 aliphatic carbocycles. The van der Waals surface area contributed by atoms with Gasteiger partial charge >= 0.3 is 6.09 Å². The summed E-state index contributed by atoms with van der Waals surface area (Å²) in [6.45, 7) is 13.1. The highest BCUT2D eigenvalue weighted by molar-refractivity contribution is 7.99. The van der Waals surface area contributed by atoms with E-state index >= 15 is 0 Å². The van der Waals surface area contributed by atoms with Gasteiger partial charge in [-0.25, -0.2) is 4.79 Å². The first-order chi connectivity index (χ1) is 14.3. The van der Waals surface area contributed by atoms with Crippen molar-refractivity contribution in [1.82, 2.24) is 4.90 Å². The Morgan fingerprint density at radius 2 is 1.77 bits per heavy atom. The van der Waals surface area contributed by atoms with E-state index in [1.54, 1.807) is 0 Å². The molecular formula is C24H31N3O2S. The monoisotopic (exact) mass is 425 g/mol. The first-order valence-corrected chi connectivity index (χ1v) is 11.5. The van der Waals surface area contributed by atoms with Gasteiger partial charge < -0.3 is 19.9 Å². The minimum atomic E-state index is -0.458. The topological polar surface area (TPSA) is 44.8 Å². The number of piperazine rings is 1. The van der Waals surface area contributed by atoms with Crippen LogP contribution in [0.1, 0.15) is 38.8 Å². The summed E-state index contributed by atoms with van der Waals surface area (Å²) in [5.74, 6) is 0. The van der Waals surface area contributed by atoms with Crippen LogP contribution in [0.5, 0.6) is 0 Å². The zero-order chi connectivity index (χ0) is 21.5. The molecule has 1 fully saturated rings. The first-order valence-electron chi connectivity index (χ1n) is 10.7. The predicted octanol–water partition coefficient (Wildman–Crippen LogP) is 5.82. The molecule has 0 unspecified atom stereocenters. The lowest BCUT2D eigenvalue weighted by molar-refractivity contribution is 0.0240. The zero-order valence-corrected chi connectivity index (χ0v) is 19.4. The molecule has 1 N–H and O–H groups in total. The van der Waals surface area contributed by atoms with Gasteiger partial charge in [-0.05, 0) is 63.4 Å². The number of carbonyl (C=O) groups excluding carboxylic acids is 1. The predicted molar refractivity (Wildman–Crippen MR) is 124 cm³/mol. The van der Waals surface area contributed by atoms with Gasteiger partial charge in [-0.1, -0.05) is 30.8 Å². The van der Waals surface area contributed by atoms with Gasteiger partial charge in [-0.3, -0.25) is 0 Å². The SMILES string of the molecule is CCc1c(N2CCN(C(=O)OC(C)(C)C)CC2)ccc2c1Nc1c(C)cccc1S2. The van der Waals surface area contributed by atoms with Crippen LogP contribution in [0.15, 0.2) is 40.1 Å². The highest BCUT2D eigenvalue weighted by Crippen LogP contribution is 2.48. The second-order valence-electron chi connectivity index (χ2n) is 8.92. The minimum absolute atomic E-state index is 0.214. The molecule has 1 saturated heterocycles. The smallest absolute Gasteiger partial charge is 0.410 e. The van der Waals surface area contributed by atoms with Gasteiger partial charge in [0.25, 0.3) is 0 Å². The van der Waals surface area contributed by atoms with E-state index in [1.807, 2.05) is 37.4 Å². The largest absolute Gasteiger partial charge is 0.444 e. The Morgan fingerprint density at radius 3 is 2.43 bits per heavy atom. The maximum atomic E-state index is 12.4. The Kier molecular flexibility index (Phi) is 5.62. The Balaban J connectivity index is 1.54. The van der Waals surface area contributed by atoms with Crippen molar-refractivity contribution in [2.45, 2.75) is 56.4 Å². The summed E-state index contributed by atoms with van der Waals surface area (Å²) < 4.78 is 5.54. The van der Waals surface area contributed by atoms with Crippen molar-refractivity contribution in [1.29, 1.82) is 0 Å². The van der Waals surface area contributed by atoms with Crippen molar-refractivity contribution < 1.29 is 9.53 Å². The van der Waals surface area contributed by atoms with Gasteiger partial charge in [-0.15, -0.1) is 0 Å². The molecule has 2 aliphatic rings. The fourth-order valence-corrected chi connectivity index (χ4v) is 5.19. The normalized spacial score (nSPS) is 15.9. The van der Waals surface area contributed by atoms with E-state index in [4.69, 9.17) is 4.74 Å². The van der Waals surface area contributed by atoms with Crippen LogP contribution in [0, 0.1) is 6.92 Å². The van der Waals surface area contributed by atoms with Gasteiger partial charge in [0.05, 0.1) is 11.4 Å². The Labute approximate surface area is 183 Å². The second-order valence-corrected chi connectivity index (χ2v) is 10.0. The average molecular weight is 426 g/mol. The van der Waals surface area contributed by atoms with E-state index in [9.17, 15) is 4.79 Å². The van der Waals surface area contributed by atoms with E-state index in [0.717, 1.165) is 19.5 Å². The number of hydrogen-bond acceptors (Lipinski definition) is 5. The number of nitrogens with one attached hydrogen (secondary N) is 1. The summed E-state index contributed by atoms with van der Waals surface area (Å²) in [5, 5.41) is 3.73. The number of hydrogen-bond donors (Lipinski definition) is 1. The molecule has 30 heavy (non-hydrogen) atoms. The van der Waals surface area contributed by atoms with Crippen LogP contribution in [-0.2, 0) is 11.2 Å². The Morgan fingerprint density at radius 1 is 1.07 bits per heavy atom. The van der Waals surface area contributed by atoms with E-state index < -0.39 is 5.60 Å². The molecule has 0 spiro atoms. The number of anilines is 3.